The predicted molar refractivity (Wildman–Crippen MR) is 146 cm³/mol. The molecule has 3 fully saturated rings. The summed E-state index contributed by atoms with van der Waals surface area (Å²) < 4.78 is 5.48. The second-order valence-corrected chi connectivity index (χ2v) is 10.5. The standard InChI is InChI=1S/C30H30N4O6/c35-26-14-18(19-4-1-2-7-24(19)33-10-12-40-13-11-33)15-27(36)21(26)16-31-23-6-3-5-20-22(23)17-34(30(20)39)25-8-9-28(37)32-29(25)38/h1-7,16,18,25,31H,8-15,17H2,(H,32,37,38). The first-order valence-electron chi connectivity index (χ1n) is 13.6. The molecular weight excluding hydrogens is 512 g/mol. The fourth-order valence-electron chi connectivity index (χ4n) is 6.07. The number of para-hydroxylation sites is 1. The fourth-order valence-corrected chi connectivity index (χ4v) is 6.07. The van der Waals surface area contributed by atoms with Crippen molar-refractivity contribution in [3.05, 3.63) is 70.9 Å². The lowest BCUT2D eigenvalue weighted by Gasteiger charge is -2.33. The van der Waals surface area contributed by atoms with Crippen molar-refractivity contribution in [1.82, 2.24) is 10.2 Å². The Hall–Kier alpha value is -4.31. The molecule has 6 rings (SSSR count). The van der Waals surface area contributed by atoms with Gasteiger partial charge in [0, 0.05) is 73.5 Å². The number of morpholine rings is 1. The lowest BCUT2D eigenvalue weighted by molar-refractivity contribution is -0.137. The number of nitrogens with zero attached hydrogens (tertiary/aromatic N) is 2. The topological polar surface area (TPSA) is 125 Å². The predicted octanol–water partition coefficient (Wildman–Crippen LogP) is 2.30. The van der Waals surface area contributed by atoms with Crippen LogP contribution >= 0.6 is 0 Å². The quantitative estimate of drug-likeness (QED) is 0.335. The average molecular weight is 543 g/mol. The van der Waals surface area contributed by atoms with Gasteiger partial charge in [0.25, 0.3) is 5.91 Å². The lowest BCUT2D eigenvalue weighted by atomic mass is 9.79. The van der Waals surface area contributed by atoms with Gasteiger partial charge in [-0.1, -0.05) is 24.3 Å². The number of ketones is 2. The summed E-state index contributed by atoms with van der Waals surface area (Å²) in [6.07, 6.45) is 2.36. The van der Waals surface area contributed by atoms with Gasteiger partial charge in [0.05, 0.1) is 18.8 Å². The molecule has 10 nitrogen and oxygen atoms in total. The average Bonchev–Trinajstić information content (AvgIpc) is 3.29. The molecule has 2 saturated heterocycles. The van der Waals surface area contributed by atoms with Crippen LogP contribution in [-0.4, -0.2) is 66.5 Å². The fraction of sp³-hybridized carbons (Fsp3) is 0.367. The van der Waals surface area contributed by atoms with E-state index in [4.69, 9.17) is 4.74 Å². The summed E-state index contributed by atoms with van der Waals surface area (Å²) in [5.41, 5.74) is 3.90. The van der Waals surface area contributed by atoms with E-state index in [1.165, 1.54) is 11.1 Å². The molecule has 1 atom stereocenters. The second kappa shape index (κ2) is 10.7. The van der Waals surface area contributed by atoms with Crippen LogP contribution in [0.3, 0.4) is 0 Å². The van der Waals surface area contributed by atoms with E-state index in [1.807, 2.05) is 24.3 Å². The molecule has 2 aromatic carbocycles. The SMILES string of the molecule is O=C1CCC(N2Cc3c(NC=C4C(=O)CC(c5ccccc5N5CCOCC5)CC4=O)cccc3C2=O)C(=O)N1. The highest BCUT2D eigenvalue weighted by Crippen LogP contribution is 2.38. The van der Waals surface area contributed by atoms with Gasteiger partial charge in [0.15, 0.2) is 11.6 Å². The third-order valence-corrected chi connectivity index (χ3v) is 8.15. The number of imide groups is 1. The summed E-state index contributed by atoms with van der Waals surface area (Å²) in [6, 6.07) is 12.4. The maximum absolute atomic E-state index is 13.2. The smallest absolute Gasteiger partial charge is 0.255 e. The molecule has 1 aliphatic carbocycles. The number of ether oxygens (including phenoxy) is 1. The van der Waals surface area contributed by atoms with Crippen LogP contribution in [0.4, 0.5) is 11.4 Å². The van der Waals surface area contributed by atoms with Crippen LogP contribution in [0.2, 0.25) is 0 Å². The molecule has 3 aliphatic heterocycles. The number of carbonyl (C=O) groups is 5. The number of nitrogens with one attached hydrogen (secondary N) is 2. The van der Waals surface area contributed by atoms with Crippen molar-refractivity contribution in [2.75, 3.05) is 36.5 Å². The van der Waals surface area contributed by atoms with Crippen LogP contribution in [0.25, 0.3) is 0 Å². The molecule has 1 unspecified atom stereocenters. The van der Waals surface area contributed by atoms with Gasteiger partial charge in [0.1, 0.15) is 6.04 Å². The summed E-state index contributed by atoms with van der Waals surface area (Å²) in [6.45, 7) is 3.03. The Bertz CT molecular complexity index is 1420. The Balaban J connectivity index is 1.18. The van der Waals surface area contributed by atoms with E-state index >= 15 is 0 Å². The number of piperidine rings is 1. The molecule has 2 aromatic rings. The van der Waals surface area contributed by atoms with E-state index in [0.717, 1.165) is 24.3 Å². The van der Waals surface area contributed by atoms with E-state index in [9.17, 15) is 24.0 Å². The Morgan fingerprint density at radius 2 is 1.68 bits per heavy atom. The molecule has 0 spiro atoms. The molecular formula is C30H30N4O6. The van der Waals surface area contributed by atoms with Gasteiger partial charge in [-0.2, -0.15) is 0 Å². The van der Waals surface area contributed by atoms with E-state index in [1.54, 1.807) is 18.2 Å². The summed E-state index contributed by atoms with van der Waals surface area (Å²) >= 11 is 0. The van der Waals surface area contributed by atoms with Gasteiger partial charge in [-0.25, -0.2) is 0 Å². The van der Waals surface area contributed by atoms with E-state index < -0.39 is 11.9 Å². The van der Waals surface area contributed by atoms with E-state index in [2.05, 4.69) is 15.5 Å². The maximum Gasteiger partial charge on any atom is 0.255 e. The molecule has 3 heterocycles. The first-order valence-corrected chi connectivity index (χ1v) is 13.6. The van der Waals surface area contributed by atoms with Crippen molar-refractivity contribution >= 4 is 40.7 Å². The first kappa shape index (κ1) is 25.9. The number of Topliss-reactive ketones (excluding diaryl/α,β-unsaturated/α-hetero) is 2. The second-order valence-electron chi connectivity index (χ2n) is 10.5. The zero-order valence-electron chi connectivity index (χ0n) is 22.0. The van der Waals surface area contributed by atoms with Gasteiger partial charge in [-0.05, 0) is 30.2 Å². The molecule has 40 heavy (non-hydrogen) atoms. The molecule has 0 aromatic heterocycles. The van der Waals surface area contributed by atoms with Crippen molar-refractivity contribution in [3.63, 3.8) is 0 Å². The first-order chi connectivity index (χ1) is 19.4. The third-order valence-electron chi connectivity index (χ3n) is 8.15. The van der Waals surface area contributed by atoms with Gasteiger partial charge < -0.3 is 19.9 Å². The molecule has 2 N–H and O–H groups in total. The Morgan fingerprint density at radius 3 is 2.42 bits per heavy atom. The monoisotopic (exact) mass is 542 g/mol. The zero-order valence-corrected chi connectivity index (χ0v) is 22.0. The van der Waals surface area contributed by atoms with Crippen LogP contribution in [0.5, 0.6) is 0 Å². The molecule has 0 bridgehead atoms. The van der Waals surface area contributed by atoms with Crippen molar-refractivity contribution < 1.29 is 28.7 Å². The number of hydrogen-bond donors (Lipinski definition) is 2. The number of rotatable bonds is 5. The normalized spacial score (nSPS) is 23.3. The van der Waals surface area contributed by atoms with E-state index in [0.29, 0.717) is 30.0 Å². The van der Waals surface area contributed by atoms with Gasteiger partial charge >= 0.3 is 0 Å². The third kappa shape index (κ3) is 4.79. The van der Waals surface area contributed by atoms with Crippen molar-refractivity contribution in [2.45, 2.75) is 44.2 Å². The van der Waals surface area contributed by atoms with Gasteiger partial charge in [-0.15, -0.1) is 0 Å². The zero-order chi connectivity index (χ0) is 27.8. The number of allylic oxidation sites excluding steroid dienone is 1. The minimum absolute atomic E-state index is 0.115. The number of fused-ring (bicyclic) bond motifs is 1. The van der Waals surface area contributed by atoms with Crippen molar-refractivity contribution in [1.29, 1.82) is 0 Å². The van der Waals surface area contributed by atoms with Crippen LogP contribution in [-0.2, 0) is 30.5 Å². The van der Waals surface area contributed by atoms with Gasteiger partial charge in [0.2, 0.25) is 11.8 Å². The van der Waals surface area contributed by atoms with Crippen molar-refractivity contribution in [3.8, 4) is 0 Å². The Labute approximate surface area is 231 Å². The molecule has 0 radical (unpaired) electrons. The molecule has 1 saturated carbocycles. The number of anilines is 2. The van der Waals surface area contributed by atoms with Crippen LogP contribution in [0.1, 0.15) is 53.1 Å². The Kier molecular flexibility index (Phi) is 6.93. The maximum atomic E-state index is 13.2. The number of hydrogen-bond acceptors (Lipinski definition) is 8. The highest BCUT2D eigenvalue weighted by molar-refractivity contribution is 6.22. The van der Waals surface area contributed by atoms with Crippen LogP contribution < -0.4 is 15.5 Å². The summed E-state index contributed by atoms with van der Waals surface area (Å²) in [4.78, 5) is 67.2. The minimum Gasteiger partial charge on any atom is -0.378 e. The Morgan fingerprint density at radius 1 is 0.925 bits per heavy atom. The van der Waals surface area contributed by atoms with Crippen LogP contribution in [0.15, 0.2) is 54.2 Å². The summed E-state index contributed by atoms with van der Waals surface area (Å²) in [5.74, 6) is -1.74. The largest absolute Gasteiger partial charge is 0.378 e. The molecule has 10 heteroatoms. The number of amides is 3. The molecule has 3 amide bonds. The van der Waals surface area contributed by atoms with Crippen molar-refractivity contribution in [2.24, 2.45) is 0 Å². The highest BCUT2D eigenvalue weighted by Gasteiger charge is 2.40. The number of carbonyl (C=O) groups excluding carboxylic acids is 5. The summed E-state index contributed by atoms with van der Waals surface area (Å²) in [7, 11) is 0. The van der Waals surface area contributed by atoms with E-state index in [-0.39, 0.29) is 67.1 Å². The van der Waals surface area contributed by atoms with Gasteiger partial charge in [-0.3, -0.25) is 29.3 Å². The highest BCUT2D eigenvalue weighted by atomic mass is 16.5. The minimum atomic E-state index is -0.720. The lowest BCUT2D eigenvalue weighted by Crippen LogP contribution is -2.52. The summed E-state index contributed by atoms with van der Waals surface area (Å²) in [5, 5.41) is 5.40. The van der Waals surface area contributed by atoms with Crippen LogP contribution in [0, 0.1) is 0 Å². The molecule has 206 valence electrons. The number of benzene rings is 2. The molecule has 4 aliphatic rings.